The summed E-state index contributed by atoms with van der Waals surface area (Å²) in [5.74, 6) is 0.177. The zero-order chi connectivity index (χ0) is 13.7. The standard InChI is InChI=1S/C15H26O3/c1-8(2)10-7-15(4)9(3)12(16)6-5-11(15)14(18)13(10)17/h9-14,16-18H,1,5-7H2,2-4H3. The van der Waals surface area contributed by atoms with Crippen LogP contribution in [0.4, 0.5) is 0 Å². The van der Waals surface area contributed by atoms with Crippen LogP contribution in [0.2, 0.25) is 0 Å². The van der Waals surface area contributed by atoms with Crippen LogP contribution in [-0.2, 0) is 0 Å². The number of rotatable bonds is 1. The maximum absolute atomic E-state index is 10.4. The highest BCUT2D eigenvalue weighted by Crippen LogP contribution is 2.55. The van der Waals surface area contributed by atoms with Gasteiger partial charge in [0.15, 0.2) is 0 Å². The third kappa shape index (κ3) is 1.93. The molecule has 0 saturated heterocycles. The zero-order valence-electron chi connectivity index (χ0n) is 11.6. The summed E-state index contributed by atoms with van der Waals surface area (Å²) in [6, 6.07) is 0. The maximum atomic E-state index is 10.4. The van der Waals surface area contributed by atoms with Gasteiger partial charge in [-0.15, -0.1) is 0 Å². The largest absolute Gasteiger partial charge is 0.393 e. The van der Waals surface area contributed by atoms with Crippen molar-refractivity contribution in [2.45, 2.75) is 58.3 Å². The monoisotopic (exact) mass is 254 g/mol. The van der Waals surface area contributed by atoms with Crippen molar-refractivity contribution in [1.29, 1.82) is 0 Å². The SMILES string of the molecule is C=C(C)C1CC2(C)C(C)C(O)CCC2C(O)C1O. The van der Waals surface area contributed by atoms with Gasteiger partial charge in [-0.3, -0.25) is 0 Å². The maximum Gasteiger partial charge on any atom is 0.0867 e. The molecule has 0 radical (unpaired) electrons. The highest BCUT2D eigenvalue weighted by Gasteiger charge is 2.55. The van der Waals surface area contributed by atoms with Gasteiger partial charge in [-0.1, -0.05) is 26.0 Å². The average Bonchev–Trinajstić information content (AvgIpc) is 2.30. The molecule has 18 heavy (non-hydrogen) atoms. The van der Waals surface area contributed by atoms with E-state index >= 15 is 0 Å². The molecule has 2 saturated carbocycles. The van der Waals surface area contributed by atoms with Gasteiger partial charge in [-0.2, -0.15) is 0 Å². The van der Waals surface area contributed by atoms with E-state index in [1.807, 2.05) is 6.92 Å². The Morgan fingerprint density at radius 2 is 1.78 bits per heavy atom. The van der Waals surface area contributed by atoms with Gasteiger partial charge in [0.2, 0.25) is 0 Å². The normalized spacial score (nSPS) is 52.8. The summed E-state index contributed by atoms with van der Waals surface area (Å²) >= 11 is 0. The van der Waals surface area contributed by atoms with Gasteiger partial charge in [0.1, 0.15) is 0 Å². The lowest BCUT2D eigenvalue weighted by atomic mass is 9.51. The van der Waals surface area contributed by atoms with Crippen molar-refractivity contribution in [2.24, 2.45) is 23.2 Å². The average molecular weight is 254 g/mol. The Bertz CT molecular complexity index is 341. The molecule has 0 spiro atoms. The van der Waals surface area contributed by atoms with E-state index in [1.165, 1.54) is 0 Å². The van der Waals surface area contributed by atoms with E-state index in [9.17, 15) is 15.3 Å². The fraction of sp³-hybridized carbons (Fsp3) is 0.867. The minimum atomic E-state index is -0.706. The Hall–Kier alpha value is -0.380. The molecule has 2 aliphatic carbocycles. The Morgan fingerprint density at radius 3 is 2.33 bits per heavy atom. The van der Waals surface area contributed by atoms with Crippen LogP contribution < -0.4 is 0 Å². The predicted molar refractivity (Wildman–Crippen MR) is 70.9 cm³/mol. The van der Waals surface area contributed by atoms with Crippen LogP contribution in [-0.4, -0.2) is 33.6 Å². The lowest BCUT2D eigenvalue weighted by Crippen LogP contribution is -2.58. The number of aliphatic hydroxyl groups is 3. The minimum Gasteiger partial charge on any atom is -0.393 e. The molecule has 0 aromatic carbocycles. The Labute approximate surface area is 110 Å². The first kappa shape index (κ1) is 14.0. The van der Waals surface area contributed by atoms with Crippen LogP contribution in [0.3, 0.4) is 0 Å². The van der Waals surface area contributed by atoms with E-state index in [1.54, 1.807) is 0 Å². The molecule has 0 amide bonds. The molecule has 3 heteroatoms. The second kappa shape index (κ2) is 4.62. The molecule has 3 N–H and O–H groups in total. The summed E-state index contributed by atoms with van der Waals surface area (Å²) in [6.45, 7) is 10.1. The summed E-state index contributed by atoms with van der Waals surface area (Å²) < 4.78 is 0. The molecule has 7 unspecified atom stereocenters. The highest BCUT2D eigenvalue weighted by molar-refractivity contribution is 5.12. The molecule has 0 aromatic heterocycles. The van der Waals surface area contributed by atoms with Crippen LogP contribution in [0.5, 0.6) is 0 Å². The lowest BCUT2D eigenvalue weighted by molar-refractivity contribution is -0.172. The van der Waals surface area contributed by atoms with E-state index in [0.717, 1.165) is 24.8 Å². The van der Waals surface area contributed by atoms with Gasteiger partial charge in [-0.05, 0) is 43.4 Å². The molecular formula is C15H26O3. The molecular weight excluding hydrogens is 228 g/mol. The first-order valence-corrected chi connectivity index (χ1v) is 6.98. The minimum absolute atomic E-state index is 0.0611. The van der Waals surface area contributed by atoms with Gasteiger partial charge in [0.25, 0.3) is 0 Å². The van der Waals surface area contributed by atoms with Gasteiger partial charge in [0, 0.05) is 5.92 Å². The number of aliphatic hydroxyl groups excluding tert-OH is 3. The van der Waals surface area contributed by atoms with Gasteiger partial charge in [-0.25, -0.2) is 0 Å². The molecule has 2 aliphatic rings. The van der Waals surface area contributed by atoms with Crippen LogP contribution in [0, 0.1) is 23.2 Å². The summed E-state index contributed by atoms with van der Waals surface area (Å²) in [7, 11) is 0. The summed E-state index contributed by atoms with van der Waals surface area (Å²) in [5.41, 5.74) is 0.813. The Kier molecular flexibility index (Phi) is 3.60. The van der Waals surface area contributed by atoms with E-state index in [-0.39, 0.29) is 29.3 Å². The smallest absolute Gasteiger partial charge is 0.0867 e. The molecule has 104 valence electrons. The third-order valence-corrected chi connectivity index (χ3v) is 5.70. The molecule has 0 aliphatic heterocycles. The first-order chi connectivity index (χ1) is 8.29. The lowest BCUT2D eigenvalue weighted by Gasteiger charge is -2.56. The van der Waals surface area contributed by atoms with Crippen molar-refractivity contribution >= 4 is 0 Å². The Balaban J connectivity index is 2.33. The van der Waals surface area contributed by atoms with E-state index in [0.29, 0.717) is 0 Å². The van der Waals surface area contributed by atoms with E-state index < -0.39 is 12.2 Å². The van der Waals surface area contributed by atoms with E-state index in [4.69, 9.17) is 0 Å². The van der Waals surface area contributed by atoms with Crippen LogP contribution in [0.15, 0.2) is 12.2 Å². The molecule has 2 rings (SSSR count). The molecule has 0 heterocycles. The van der Waals surface area contributed by atoms with Crippen molar-refractivity contribution in [1.82, 2.24) is 0 Å². The summed E-state index contributed by atoms with van der Waals surface area (Å²) in [5, 5.41) is 30.7. The van der Waals surface area contributed by atoms with Crippen LogP contribution in [0.1, 0.15) is 40.0 Å². The number of hydrogen-bond donors (Lipinski definition) is 3. The van der Waals surface area contributed by atoms with Crippen molar-refractivity contribution < 1.29 is 15.3 Å². The van der Waals surface area contributed by atoms with Gasteiger partial charge >= 0.3 is 0 Å². The molecule has 7 atom stereocenters. The van der Waals surface area contributed by atoms with Crippen LogP contribution >= 0.6 is 0 Å². The fourth-order valence-electron chi connectivity index (χ4n) is 4.14. The summed E-state index contributed by atoms with van der Waals surface area (Å²) in [4.78, 5) is 0. The molecule has 0 bridgehead atoms. The number of hydrogen-bond acceptors (Lipinski definition) is 3. The third-order valence-electron chi connectivity index (χ3n) is 5.70. The van der Waals surface area contributed by atoms with Crippen molar-refractivity contribution in [3.63, 3.8) is 0 Å². The summed E-state index contributed by atoms with van der Waals surface area (Å²) in [6.07, 6.45) is 0.637. The highest BCUT2D eigenvalue weighted by atomic mass is 16.3. The topological polar surface area (TPSA) is 60.7 Å². The molecule has 3 nitrogen and oxygen atoms in total. The molecule has 2 fully saturated rings. The van der Waals surface area contributed by atoms with Crippen molar-refractivity contribution in [2.75, 3.05) is 0 Å². The van der Waals surface area contributed by atoms with Crippen molar-refractivity contribution in [3.8, 4) is 0 Å². The van der Waals surface area contributed by atoms with Gasteiger partial charge < -0.3 is 15.3 Å². The van der Waals surface area contributed by atoms with Crippen LogP contribution in [0.25, 0.3) is 0 Å². The predicted octanol–water partition coefficient (Wildman–Crippen LogP) is 1.72. The first-order valence-electron chi connectivity index (χ1n) is 6.98. The second-order valence-electron chi connectivity index (χ2n) is 6.68. The Morgan fingerprint density at radius 1 is 1.17 bits per heavy atom. The second-order valence-corrected chi connectivity index (χ2v) is 6.68. The van der Waals surface area contributed by atoms with Crippen molar-refractivity contribution in [3.05, 3.63) is 12.2 Å². The van der Waals surface area contributed by atoms with Gasteiger partial charge in [0.05, 0.1) is 18.3 Å². The molecule has 0 aromatic rings. The fourth-order valence-corrected chi connectivity index (χ4v) is 4.14. The quantitative estimate of drug-likeness (QED) is 0.624. The van der Waals surface area contributed by atoms with E-state index in [2.05, 4.69) is 20.4 Å². The zero-order valence-corrected chi connectivity index (χ0v) is 11.6. The number of fused-ring (bicyclic) bond motifs is 1.